The first kappa shape index (κ1) is 28.7. The van der Waals surface area contributed by atoms with Crippen molar-refractivity contribution in [2.45, 2.75) is 44.4 Å². The number of carbonyl (C=O) groups excluding carboxylic acids is 3. The molecule has 1 fully saturated rings. The number of para-hydroxylation sites is 1. The molecule has 5 N–H and O–H groups in total. The predicted octanol–water partition coefficient (Wildman–Crippen LogP) is 2.48. The number of benzene rings is 2. The predicted molar refractivity (Wildman–Crippen MR) is 140 cm³/mol. The Balaban J connectivity index is 1.68. The van der Waals surface area contributed by atoms with E-state index in [2.05, 4.69) is 10.6 Å². The average molecular weight is 560 g/mol. The van der Waals surface area contributed by atoms with Crippen molar-refractivity contribution in [1.29, 1.82) is 0 Å². The number of rotatable bonds is 7. The van der Waals surface area contributed by atoms with Crippen molar-refractivity contribution in [2.75, 3.05) is 31.3 Å². The fourth-order valence-electron chi connectivity index (χ4n) is 4.98. The van der Waals surface area contributed by atoms with Crippen molar-refractivity contribution < 1.29 is 37.8 Å². The zero-order chi connectivity index (χ0) is 29.1. The molecular formula is C27H31F2N5O6. The van der Waals surface area contributed by atoms with Gasteiger partial charge in [0.15, 0.2) is 0 Å². The lowest BCUT2D eigenvalue weighted by Crippen LogP contribution is -2.57. The van der Waals surface area contributed by atoms with Gasteiger partial charge < -0.3 is 31.1 Å². The first-order valence-electron chi connectivity index (χ1n) is 12.8. The highest BCUT2D eigenvalue weighted by atomic mass is 19.1. The lowest BCUT2D eigenvalue weighted by Gasteiger charge is -2.35. The molecule has 2 aliphatic rings. The summed E-state index contributed by atoms with van der Waals surface area (Å²) in [4.78, 5) is 54.2. The topological polar surface area (TPSA) is 154 Å². The van der Waals surface area contributed by atoms with Gasteiger partial charge in [0, 0.05) is 32.5 Å². The van der Waals surface area contributed by atoms with E-state index < -0.39 is 59.3 Å². The molecule has 1 unspecified atom stereocenters. The van der Waals surface area contributed by atoms with Gasteiger partial charge in [-0.15, -0.1) is 0 Å². The third-order valence-corrected chi connectivity index (χ3v) is 7.42. The molecule has 13 heteroatoms. The number of nitrogen functional groups attached to an aromatic ring is 1. The Labute approximate surface area is 229 Å². The molecule has 214 valence electrons. The van der Waals surface area contributed by atoms with Crippen LogP contribution in [-0.2, 0) is 25.7 Å². The summed E-state index contributed by atoms with van der Waals surface area (Å²) in [6, 6.07) is 4.42. The summed E-state index contributed by atoms with van der Waals surface area (Å²) in [6.45, 7) is 2.07. The molecule has 3 atom stereocenters. The molecule has 1 saturated heterocycles. The van der Waals surface area contributed by atoms with Crippen molar-refractivity contribution in [3.05, 3.63) is 59.2 Å². The Bertz CT molecular complexity index is 1300. The number of amides is 4. The summed E-state index contributed by atoms with van der Waals surface area (Å²) < 4.78 is 34.1. The lowest BCUT2D eigenvalue weighted by atomic mass is 9.90. The molecule has 4 rings (SSSR count). The van der Waals surface area contributed by atoms with Gasteiger partial charge in [0.1, 0.15) is 35.4 Å². The highest BCUT2D eigenvalue weighted by molar-refractivity contribution is 6.00. The summed E-state index contributed by atoms with van der Waals surface area (Å²) in [6.07, 6.45) is -0.447. The highest BCUT2D eigenvalue weighted by Gasteiger charge is 2.44. The Kier molecular flexibility index (Phi) is 8.52. The van der Waals surface area contributed by atoms with Crippen LogP contribution in [0.2, 0.25) is 0 Å². The van der Waals surface area contributed by atoms with E-state index in [4.69, 9.17) is 10.5 Å². The van der Waals surface area contributed by atoms with Crippen molar-refractivity contribution >= 4 is 35.2 Å². The number of nitrogens with one attached hydrogen (secondary N) is 2. The van der Waals surface area contributed by atoms with Crippen LogP contribution in [0, 0.1) is 17.6 Å². The van der Waals surface area contributed by atoms with Crippen molar-refractivity contribution in [3.63, 3.8) is 0 Å². The van der Waals surface area contributed by atoms with Crippen LogP contribution in [0.3, 0.4) is 0 Å². The van der Waals surface area contributed by atoms with Crippen molar-refractivity contribution in [3.8, 4) is 0 Å². The van der Waals surface area contributed by atoms with Crippen LogP contribution >= 0.6 is 0 Å². The van der Waals surface area contributed by atoms with Gasteiger partial charge in [-0.05, 0) is 61.1 Å². The number of carboxylic acid groups (broad SMARTS) is 1. The van der Waals surface area contributed by atoms with Gasteiger partial charge in [0.25, 0.3) is 5.91 Å². The zero-order valence-corrected chi connectivity index (χ0v) is 22.0. The zero-order valence-electron chi connectivity index (χ0n) is 22.0. The second-order valence-corrected chi connectivity index (χ2v) is 9.92. The number of likely N-dealkylation sites (N-methyl/N-ethyl adjacent to an activating group) is 1. The molecule has 0 aliphatic carbocycles. The fourth-order valence-corrected chi connectivity index (χ4v) is 4.98. The van der Waals surface area contributed by atoms with Gasteiger partial charge in [-0.3, -0.25) is 19.3 Å². The first-order valence-corrected chi connectivity index (χ1v) is 12.8. The Hall–Kier alpha value is -4.26. The number of nitrogens with zero attached hydrogens (tertiary/aromatic N) is 2. The summed E-state index contributed by atoms with van der Waals surface area (Å²) in [7, 11) is 1.24. The largest absolute Gasteiger partial charge is 0.465 e. The Morgan fingerprint density at radius 1 is 1.12 bits per heavy atom. The van der Waals surface area contributed by atoms with Crippen molar-refractivity contribution in [2.24, 2.45) is 5.92 Å². The molecule has 2 aromatic rings. The quantitative estimate of drug-likeness (QED) is 0.380. The number of hydrogen-bond acceptors (Lipinski definition) is 6. The standard InChI is InChI=1S/C27H31F2N5O6/c1-14(33(2)27(38)39)24(35)31-21(15-8-10-40-11-9-15)26(37)34-13-16-6-7-17(30)12-18(16)23(34)25(36)32-22-19(28)4-3-5-20(22)29/h3-7,12,14-15,21,23H,8-11,13,30H2,1-2H3,(H,31,35)(H,32,36)(H,38,39)/t14?,21-,23-/m0/s1. The van der Waals surface area contributed by atoms with Crippen LogP contribution in [0.1, 0.15) is 36.9 Å². The summed E-state index contributed by atoms with van der Waals surface area (Å²) in [5.41, 5.74) is 6.62. The van der Waals surface area contributed by atoms with Gasteiger partial charge in [-0.1, -0.05) is 12.1 Å². The number of halogens is 2. The molecule has 0 saturated carbocycles. The minimum atomic E-state index is -1.32. The van der Waals surface area contributed by atoms with Gasteiger partial charge in [-0.25, -0.2) is 13.6 Å². The Morgan fingerprint density at radius 3 is 2.40 bits per heavy atom. The molecule has 2 aliphatic heterocycles. The molecule has 0 bridgehead atoms. The van der Waals surface area contributed by atoms with Crippen molar-refractivity contribution in [1.82, 2.24) is 15.1 Å². The average Bonchev–Trinajstić information content (AvgIpc) is 3.31. The summed E-state index contributed by atoms with van der Waals surface area (Å²) in [5, 5.41) is 14.3. The number of carbonyl (C=O) groups is 4. The minimum absolute atomic E-state index is 0.0214. The SMILES string of the molecule is CC(C(=O)N[C@H](C(=O)N1Cc2ccc(N)cc2[C@H]1C(=O)Nc1c(F)cccc1F)C1CCOCC1)N(C)C(=O)O. The Morgan fingerprint density at radius 2 is 1.77 bits per heavy atom. The maximum absolute atomic E-state index is 14.4. The number of fused-ring (bicyclic) bond motifs is 1. The highest BCUT2D eigenvalue weighted by Crippen LogP contribution is 2.38. The molecule has 2 aromatic carbocycles. The molecule has 40 heavy (non-hydrogen) atoms. The second-order valence-electron chi connectivity index (χ2n) is 9.92. The van der Waals surface area contributed by atoms with E-state index in [0.29, 0.717) is 42.9 Å². The molecule has 2 heterocycles. The fraction of sp³-hybridized carbons (Fsp3) is 0.407. The van der Waals surface area contributed by atoms with Gasteiger partial charge in [0.2, 0.25) is 11.8 Å². The smallest absolute Gasteiger partial charge is 0.407 e. The molecule has 4 amide bonds. The number of anilines is 2. The molecule has 0 spiro atoms. The number of hydrogen-bond donors (Lipinski definition) is 4. The summed E-state index contributed by atoms with van der Waals surface area (Å²) in [5.74, 6) is -4.49. The van der Waals surface area contributed by atoms with Crippen LogP contribution in [0.4, 0.5) is 25.0 Å². The monoisotopic (exact) mass is 559 g/mol. The van der Waals surface area contributed by atoms with Crippen LogP contribution in [0.15, 0.2) is 36.4 Å². The number of ether oxygens (including phenoxy) is 1. The van der Waals surface area contributed by atoms with E-state index in [9.17, 15) is 33.1 Å². The second kappa shape index (κ2) is 11.9. The third-order valence-electron chi connectivity index (χ3n) is 7.42. The van der Waals surface area contributed by atoms with E-state index in [0.717, 1.165) is 23.1 Å². The molecule has 11 nitrogen and oxygen atoms in total. The van der Waals surface area contributed by atoms with Gasteiger partial charge in [0.05, 0.1) is 0 Å². The molecule has 0 radical (unpaired) electrons. The molecule has 0 aromatic heterocycles. The molecular weight excluding hydrogens is 528 g/mol. The van der Waals surface area contributed by atoms with Crippen LogP contribution in [0.25, 0.3) is 0 Å². The van der Waals surface area contributed by atoms with Crippen LogP contribution < -0.4 is 16.4 Å². The maximum atomic E-state index is 14.4. The lowest BCUT2D eigenvalue weighted by molar-refractivity contribution is -0.144. The minimum Gasteiger partial charge on any atom is -0.465 e. The van der Waals surface area contributed by atoms with Crippen LogP contribution in [0.5, 0.6) is 0 Å². The van der Waals surface area contributed by atoms with Gasteiger partial charge in [-0.2, -0.15) is 0 Å². The summed E-state index contributed by atoms with van der Waals surface area (Å²) >= 11 is 0. The maximum Gasteiger partial charge on any atom is 0.407 e. The van der Waals surface area contributed by atoms with E-state index >= 15 is 0 Å². The normalized spacial score (nSPS) is 18.4. The third kappa shape index (κ3) is 5.83. The van der Waals surface area contributed by atoms with Gasteiger partial charge >= 0.3 is 6.09 Å². The van der Waals surface area contributed by atoms with E-state index in [1.165, 1.54) is 24.9 Å². The van der Waals surface area contributed by atoms with Crippen LogP contribution in [-0.4, -0.2) is 71.1 Å². The van der Waals surface area contributed by atoms with E-state index in [-0.39, 0.29) is 12.5 Å². The first-order chi connectivity index (χ1) is 19.0. The number of nitrogens with two attached hydrogens (primary N) is 1. The van der Waals surface area contributed by atoms with E-state index in [1.54, 1.807) is 12.1 Å². The van der Waals surface area contributed by atoms with E-state index in [1.807, 2.05) is 0 Å².